The largest absolute Gasteiger partial charge is 0.502 e. The van der Waals surface area contributed by atoms with Gasteiger partial charge >= 0.3 is 5.97 Å². The van der Waals surface area contributed by atoms with Crippen LogP contribution < -0.4 is 0 Å². The van der Waals surface area contributed by atoms with Gasteiger partial charge in [0.05, 0.1) is 18.1 Å². The van der Waals surface area contributed by atoms with Gasteiger partial charge in [-0.15, -0.1) is 0 Å². The molecule has 1 N–H and O–H groups in total. The van der Waals surface area contributed by atoms with Crippen LogP contribution in [0.3, 0.4) is 0 Å². The maximum Gasteiger partial charge on any atom is 0.316 e. The molecule has 1 aliphatic rings. The summed E-state index contributed by atoms with van der Waals surface area (Å²) in [5.74, 6) is -0.842. The summed E-state index contributed by atoms with van der Waals surface area (Å²) in [4.78, 5) is 9.85. The number of rotatable bonds is 2. The van der Waals surface area contributed by atoms with Gasteiger partial charge in [0.15, 0.2) is 0 Å². The van der Waals surface area contributed by atoms with Gasteiger partial charge in [-0.1, -0.05) is 6.92 Å². The molecule has 0 saturated heterocycles. The number of carbonyl (C=O) groups is 1. The predicted octanol–water partition coefficient (Wildman–Crippen LogP) is 2.09. The zero-order valence-corrected chi connectivity index (χ0v) is 8.67. The van der Waals surface area contributed by atoms with Gasteiger partial charge in [0.2, 0.25) is 0 Å². The molecule has 0 amide bonds. The van der Waals surface area contributed by atoms with Crippen molar-refractivity contribution in [2.45, 2.75) is 31.4 Å². The van der Waals surface area contributed by atoms with E-state index in [-0.39, 0.29) is 0 Å². The van der Waals surface area contributed by atoms with Crippen molar-refractivity contribution in [2.75, 3.05) is 6.61 Å². The number of allylic oxidation sites excluding steroid dienone is 1. The molecule has 0 radical (unpaired) electrons. The number of ether oxygens (including phenoxy) is 1. The van der Waals surface area contributed by atoms with Gasteiger partial charge in [0.1, 0.15) is 0 Å². The summed E-state index contributed by atoms with van der Waals surface area (Å²) < 4.78 is 4.89. The van der Waals surface area contributed by atoms with Gasteiger partial charge in [-0.2, -0.15) is 12.6 Å². The highest BCUT2D eigenvalue weighted by Crippen LogP contribution is 1.98. The van der Waals surface area contributed by atoms with E-state index < -0.39 is 11.2 Å². The van der Waals surface area contributed by atoms with E-state index in [9.17, 15) is 4.79 Å². The Bertz CT molecular complexity index is 160. The second kappa shape index (κ2) is 7.98. The van der Waals surface area contributed by atoms with E-state index >= 15 is 0 Å². The van der Waals surface area contributed by atoms with Crippen molar-refractivity contribution in [1.29, 1.82) is 0 Å². The molecule has 1 rings (SSSR count). The average molecular weight is 204 g/mol. The van der Waals surface area contributed by atoms with Gasteiger partial charge in [0.25, 0.3) is 0 Å². The average Bonchev–Trinajstić information content (AvgIpc) is 2.20. The molecule has 1 unspecified atom stereocenters. The summed E-state index contributed by atoms with van der Waals surface area (Å²) in [5, 5.41) is 7.62. The Morgan fingerprint density at radius 2 is 2.46 bits per heavy atom. The number of aliphatic carboxylic acids is 1. The second-order valence-corrected chi connectivity index (χ2v) is 3.27. The van der Waals surface area contributed by atoms with Crippen LogP contribution in [0, 0.1) is 0 Å². The summed E-state index contributed by atoms with van der Waals surface area (Å²) in [5.41, 5.74) is 0. The lowest BCUT2D eigenvalue weighted by Crippen LogP contribution is -2.10. The first-order chi connectivity index (χ1) is 6.18. The fourth-order valence-electron chi connectivity index (χ4n) is 0.663. The van der Waals surface area contributed by atoms with Crippen molar-refractivity contribution in [2.24, 2.45) is 0 Å². The van der Waals surface area contributed by atoms with E-state index in [2.05, 4.69) is 12.6 Å². The zero-order chi connectivity index (χ0) is 10.1. The van der Waals surface area contributed by atoms with Crippen molar-refractivity contribution >= 4 is 18.6 Å². The van der Waals surface area contributed by atoms with Crippen LogP contribution in [-0.2, 0) is 9.53 Å². The second-order valence-electron chi connectivity index (χ2n) is 2.65. The van der Waals surface area contributed by atoms with Gasteiger partial charge < -0.3 is 9.84 Å². The van der Waals surface area contributed by atoms with Crippen LogP contribution in [0.5, 0.6) is 0 Å². The summed E-state index contributed by atoms with van der Waals surface area (Å²) >= 11 is 3.73. The van der Waals surface area contributed by atoms with Crippen LogP contribution in [-0.4, -0.2) is 22.9 Å². The third-order valence-electron chi connectivity index (χ3n) is 1.50. The van der Waals surface area contributed by atoms with Crippen LogP contribution in [0.2, 0.25) is 0 Å². The number of hydrogen-bond donors (Lipinski definition) is 2. The highest BCUT2D eigenvalue weighted by atomic mass is 32.1. The minimum atomic E-state index is -0.842. The van der Waals surface area contributed by atoms with Crippen LogP contribution >= 0.6 is 12.6 Å². The Labute approximate surface area is 84.2 Å². The molecule has 1 atom stereocenters. The third-order valence-corrected chi connectivity index (χ3v) is 2.08. The molecular formula is C9H16O3S. The molecule has 1 heterocycles. The first kappa shape index (κ1) is 12.4. The summed E-state index contributed by atoms with van der Waals surface area (Å²) in [7, 11) is 0. The summed E-state index contributed by atoms with van der Waals surface area (Å²) in [6, 6.07) is 0. The monoisotopic (exact) mass is 204 g/mol. The Hall–Kier alpha value is -0.640. The molecule has 4 heteroatoms. The van der Waals surface area contributed by atoms with E-state index in [4.69, 9.17) is 9.84 Å². The third kappa shape index (κ3) is 7.71. The summed E-state index contributed by atoms with van der Waals surface area (Å²) in [6.07, 6.45) is 6.78. The van der Waals surface area contributed by atoms with Crippen molar-refractivity contribution < 1.29 is 14.6 Å². The Kier molecular flexibility index (Phi) is 7.59. The molecule has 0 bridgehead atoms. The quantitative estimate of drug-likeness (QED) is 0.677. The molecule has 76 valence electrons. The van der Waals surface area contributed by atoms with Crippen molar-refractivity contribution in [3.8, 4) is 0 Å². The lowest BCUT2D eigenvalue weighted by atomic mass is 10.3. The molecule has 0 aromatic carbocycles. The van der Waals surface area contributed by atoms with E-state index in [1.165, 1.54) is 12.8 Å². The summed E-state index contributed by atoms with van der Waals surface area (Å²) in [6.45, 7) is 2.70. The van der Waals surface area contributed by atoms with E-state index in [1.54, 1.807) is 13.2 Å². The maximum absolute atomic E-state index is 9.85. The molecule has 13 heavy (non-hydrogen) atoms. The van der Waals surface area contributed by atoms with Crippen molar-refractivity contribution in [3.63, 3.8) is 0 Å². The Morgan fingerprint density at radius 1 is 1.77 bits per heavy atom. The minimum absolute atomic E-state index is 0.486. The first-order valence-electron chi connectivity index (χ1n) is 4.36. The van der Waals surface area contributed by atoms with Crippen molar-refractivity contribution in [3.05, 3.63) is 12.3 Å². The van der Waals surface area contributed by atoms with Gasteiger partial charge in [-0.05, 0) is 25.3 Å². The van der Waals surface area contributed by atoms with E-state index in [1.807, 2.05) is 6.08 Å². The van der Waals surface area contributed by atoms with Crippen LogP contribution in [0.25, 0.3) is 0 Å². The van der Waals surface area contributed by atoms with Crippen molar-refractivity contribution in [1.82, 2.24) is 0 Å². The fourth-order valence-corrected chi connectivity index (χ4v) is 0.663. The molecule has 3 nitrogen and oxygen atoms in total. The molecular weight excluding hydrogens is 188 g/mol. The number of carboxylic acid groups (broad SMARTS) is 1. The Balaban J connectivity index is 0.000000223. The highest BCUT2D eigenvalue weighted by molar-refractivity contribution is 7.81. The highest BCUT2D eigenvalue weighted by Gasteiger charge is 2.06. The van der Waals surface area contributed by atoms with Gasteiger partial charge in [0, 0.05) is 0 Å². The van der Waals surface area contributed by atoms with Gasteiger partial charge in [-0.25, -0.2) is 0 Å². The van der Waals surface area contributed by atoms with Gasteiger partial charge in [-0.3, -0.25) is 4.79 Å². The molecule has 0 saturated carbocycles. The molecule has 0 spiro atoms. The first-order valence-corrected chi connectivity index (χ1v) is 4.87. The predicted molar refractivity (Wildman–Crippen MR) is 55.0 cm³/mol. The van der Waals surface area contributed by atoms with E-state index in [0.29, 0.717) is 6.42 Å². The SMILES string of the molecule is C1=COCCC1.CCC(S)C(=O)O. The molecule has 0 fully saturated rings. The lowest BCUT2D eigenvalue weighted by Gasteiger charge is -2.01. The Morgan fingerprint density at radius 3 is 2.54 bits per heavy atom. The zero-order valence-electron chi connectivity index (χ0n) is 7.77. The van der Waals surface area contributed by atoms with Crippen LogP contribution in [0.4, 0.5) is 0 Å². The molecule has 0 aliphatic carbocycles. The standard InChI is InChI=1S/C5H8O.C4H8O2S/c1-2-4-6-5-3-1;1-2-3(7)4(5)6/h2,4H,1,3,5H2;3,7H,2H2,1H3,(H,5,6). The van der Waals surface area contributed by atoms with Crippen LogP contribution in [0.15, 0.2) is 12.3 Å². The number of carboxylic acids is 1. The molecule has 0 aromatic rings. The van der Waals surface area contributed by atoms with E-state index in [0.717, 1.165) is 6.61 Å². The minimum Gasteiger partial charge on any atom is -0.502 e. The smallest absolute Gasteiger partial charge is 0.316 e. The fraction of sp³-hybridized carbons (Fsp3) is 0.667. The molecule has 0 aromatic heterocycles. The van der Waals surface area contributed by atoms with Crippen LogP contribution in [0.1, 0.15) is 26.2 Å². The molecule has 1 aliphatic heterocycles. The maximum atomic E-state index is 9.85. The number of hydrogen-bond acceptors (Lipinski definition) is 3. The topological polar surface area (TPSA) is 46.5 Å². The lowest BCUT2D eigenvalue weighted by molar-refractivity contribution is -0.136. The number of thiol groups is 1. The normalized spacial score (nSPS) is 16.5.